The Morgan fingerprint density at radius 1 is 0.895 bits per heavy atom. The number of aromatic nitrogens is 1. The van der Waals surface area contributed by atoms with E-state index in [1.165, 1.54) is 16.3 Å². The number of hydrazone groups is 1. The van der Waals surface area contributed by atoms with Crippen LogP contribution in [0, 0.1) is 0 Å². The summed E-state index contributed by atoms with van der Waals surface area (Å²) in [6, 6.07) is 29.5. The van der Waals surface area contributed by atoms with E-state index in [9.17, 15) is 4.79 Å². The molecule has 7 nitrogen and oxygen atoms in total. The quantitative estimate of drug-likeness (QED) is 0.151. The first-order valence-corrected chi connectivity index (χ1v) is 12.8. The summed E-state index contributed by atoms with van der Waals surface area (Å²) in [5.74, 6) is 2.38. The fourth-order valence-electron chi connectivity index (χ4n) is 3.68. The number of para-hydroxylation sites is 1. The first-order valence-electron chi connectivity index (χ1n) is 12.0. The Labute approximate surface area is 224 Å². The van der Waals surface area contributed by atoms with E-state index >= 15 is 0 Å². The molecule has 0 fully saturated rings. The number of thiazole rings is 1. The lowest BCUT2D eigenvalue weighted by molar-refractivity contribution is 0.0987. The first kappa shape index (κ1) is 25.0. The van der Waals surface area contributed by atoms with E-state index < -0.39 is 0 Å². The minimum absolute atomic E-state index is 0.336. The van der Waals surface area contributed by atoms with E-state index in [1.807, 2.05) is 79.7 Å². The van der Waals surface area contributed by atoms with E-state index in [-0.39, 0.29) is 5.91 Å². The van der Waals surface area contributed by atoms with Crippen molar-refractivity contribution >= 4 is 38.8 Å². The van der Waals surface area contributed by atoms with E-state index in [2.05, 4.69) is 10.1 Å². The summed E-state index contributed by atoms with van der Waals surface area (Å²) in [6.07, 6.45) is 1.63. The summed E-state index contributed by atoms with van der Waals surface area (Å²) < 4.78 is 17.7. The van der Waals surface area contributed by atoms with Gasteiger partial charge in [0.1, 0.15) is 23.0 Å². The zero-order valence-corrected chi connectivity index (χ0v) is 21.7. The molecule has 0 radical (unpaired) electrons. The van der Waals surface area contributed by atoms with Crippen LogP contribution in [0.4, 0.5) is 5.13 Å². The van der Waals surface area contributed by atoms with Gasteiger partial charge in [-0.2, -0.15) is 10.1 Å². The largest absolute Gasteiger partial charge is 0.497 e. The van der Waals surface area contributed by atoms with Crippen LogP contribution in [0.3, 0.4) is 0 Å². The SMILES string of the molecule is CCOc1ccc(/C=N/N(C(=O)c2cccc(Oc3ccccc3)c2)c2nc3ccc(OC)cc3s2)cc1. The molecule has 0 bridgehead atoms. The minimum atomic E-state index is -0.336. The van der Waals surface area contributed by atoms with Crippen LogP contribution in [-0.2, 0) is 0 Å². The number of fused-ring (bicyclic) bond motifs is 1. The highest BCUT2D eigenvalue weighted by molar-refractivity contribution is 7.22. The van der Waals surface area contributed by atoms with Gasteiger partial charge in [-0.25, -0.2) is 4.98 Å². The van der Waals surface area contributed by atoms with Crippen LogP contribution in [0.2, 0.25) is 0 Å². The summed E-state index contributed by atoms with van der Waals surface area (Å²) in [6.45, 7) is 2.53. The van der Waals surface area contributed by atoms with Gasteiger partial charge >= 0.3 is 0 Å². The van der Waals surface area contributed by atoms with Crippen LogP contribution in [0.15, 0.2) is 102 Å². The Morgan fingerprint density at radius 3 is 2.42 bits per heavy atom. The predicted octanol–water partition coefficient (Wildman–Crippen LogP) is 7.18. The number of methoxy groups -OCH3 is 1. The van der Waals surface area contributed by atoms with Crippen LogP contribution in [-0.4, -0.2) is 30.8 Å². The average molecular weight is 524 g/mol. The third kappa shape index (κ3) is 5.82. The monoisotopic (exact) mass is 523 g/mol. The van der Waals surface area contributed by atoms with Crippen LogP contribution in [0.1, 0.15) is 22.8 Å². The van der Waals surface area contributed by atoms with Crippen molar-refractivity contribution in [1.29, 1.82) is 0 Å². The molecule has 38 heavy (non-hydrogen) atoms. The Balaban J connectivity index is 1.49. The molecule has 0 aliphatic rings. The van der Waals surface area contributed by atoms with Gasteiger partial charge in [-0.1, -0.05) is 35.6 Å². The Bertz CT molecular complexity index is 1570. The van der Waals surface area contributed by atoms with Crippen molar-refractivity contribution in [2.24, 2.45) is 5.10 Å². The Morgan fingerprint density at radius 2 is 1.66 bits per heavy atom. The highest BCUT2D eigenvalue weighted by Gasteiger charge is 2.22. The molecule has 190 valence electrons. The highest BCUT2D eigenvalue weighted by atomic mass is 32.1. The van der Waals surface area contributed by atoms with Gasteiger partial charge in [0.2, 0.25) is 5.13 Å². The lowest BCUT2D eigenvalue weighted by Gasteiger charge is -2.15. The van der Waals surface area contributed by atoms with E-state index in [0.29, 0.717) is 34.6 Å². The average Bonchev–Trinajstić information content (AvgIpc) is 3.38. The Hall–Kier alpha value is -4.69. The molecule has 0 aliphatic heterocycles. The number of ether oxygens (including phenoxy) is 3. The molecule has 1 heterocycles. The molecule has 5 rings (SSSR count). The number of benzene rings is 4. The van der Waals surface area contributed by atoms with Crippen molar-refractivity contribution < 1.29 is 19.0 Å². The maximum Gasteiger partial charge on any atom is 0.280 e. The number of nitrogens with zero attached hydrogens (tertiary/aromatic N) is 3. The summed E-state index contributed by atoms with van der Waals surface area (Å²) >= 11 is 1.36. The van der Waals surface area contributed by atoms with Crippen LogP contribution in [0.25, 0.3) is 10.2 Å². The van der Waals surface area contributed by atoms with Crippen molar-refractivity contribution in [3.8, 4) is 23.0 Å². The van der Waals surface area contributed by atoms with Crippen molar-refractivity contribution in [2.45, 2.75) is 6.92 Å². The number of rotatable bonds is 9. The molecule has 0 N–H and O–H groups in total. The second kappa shape index (κ2) is 11.6. The van der Waals surface area contributed by atoms with Gasteiger partial charge in [0, 0.05) is 5.56 Å². The highest BCUT2D eigenvalue weighted by Crippen LogP contribution is 2.33. The molecule has 1 amide bonds. The maximum atomic E-state index is 13.8. The van der Waals surface area contributed by atoms with Gasteiger partial charge in [0.25, 0.3) is 5.91 Å². The molecule has 1 aromatic heterocycles. The summed E-state index contributed by atoms with van der Waals surface area (Å²) in [5, 5.41) is 6.32. The zero-order chi connectivity index (χ0) is 26.3. The molecule has 5 aromatic rings. The van der Waals surface area contributed by atoms with Crippen molar-refractivity contribution in [3.05, 3.63) is 108 Å². The van der Waals surface area contributed by atoms with E-state index in [0.717, 1.165) is 21.5 Å². The summed E-state index contributed by atoms with van der Waals surface area (Å²) in [4.78, 5) is 18.5. The topological polar surface area (TPSA) is 73.2 Å². The van der Waals surface area contributed by atoms with Crippen molar-refractivity contribution in [1.82, 2.24) is 4.98 Å². The summed E-state index contributed by atoms with van der Waals surface area (Å²) in [7, 11) is 1.62. The van der Waals surface area contributed by atoms with Gasteiger partial charge < -0.3 is 14.2 Å². The maximum absolute atomic E-state index is 13.8. The molecule has 0 spiro atoms. The van der Waals surface area contributed by atoms with Crippen LogP contribution >= 0.6 is 11.3 Å². The molecular formula is C30H25N3O4S. The molecule has 0 aliphatic carbocycles. The third-order valence-electron chi connectivity index (χ3n) is 5.53. The molecule has 4 aromatic carbocycles. The fourth-order valence-corrected chi connectivity index (χ4v) is 4.63. The van der Waals surface area contributed by atoms with E-state index in [1.54, 1.807) is 37.6 Å². The first-order chi connectivity index (χ1) is 18.6. The second-order valence-electron chi connectivity index (χ2n) is 8.14. The van der Waals surface area contributed by atoms with Gasteiger partial charge in [0.15, 0.2) is 0 Å². The normalized spacial score (nSPS) is 11.0. The number of amides is 1. The zero-order valence-electron chi connectivity index (χ0n) is 20.9. The number of anilines is 1. The lowest BCUT2D eigenvalue weighted by atomic mass is 10.2. The molecule has 8 heteroatoms. The van der Waals surface area contributed by atoms with Crippen molar-refractivity contribution in [2.75, 3.05) is 18.7 Å². The van der Waals surface area contributed by atoms with Crippen molar-refractivity contribution in [3.63, 3.8) is 0 Å². The number of hydrogen-bond donors (Lipinski definition) is 0. The van der Waals surface area contributed by atoms with E-state index in [4.69, 9.17) is 14.2 Å². The van der Waals surface area contributed by atoms with Gasteiger partial charge in [-0.3, -0.25) is 4.79 Å². The van der Waals surface area contributed by atoms with Gasteiger partial charge in [-0.15, -0.1) is 0 Å². The molecule has 0 saturated heterocycles. The molecule has 0 saturated carbocycles. The molecule has 0 atom stereocenters. The minimum Gasteiger partial charge on any atom is -0.497 e. The van der Waals surface area contributed by atoms with Crippen LogP contribution < -0.4 is 19.2 Å². The Kier molecular flexibility index (Phi) is 7.61. The second-order valence-corrected chi connectivity index (χ2v) is 9.15. The van der Waals surface area contributed by atoms with Crippen LogP contribution in [0.5, 0.6) is 23.0 Å². The number of carbonyl (C=O) groups excluding carboxylic acids is 1. The standard InChI is InChI=1S/C30H25N3O4S/c1-3-36-23-14-12-21(13-15-23)20-31-33(30-32-27-17-16-25(35-2)19-28(27)38-30)29(34)22-8-7-11-26(18-22)37-24-9-5-4-6-10-24/h4-20H,3H2,1-2H3/b31-20+. The smallest absolute Gasteiger partial charge is 0.280 e. The lowest BCUT2D eigenvalue weighted by Crippen LogP contribution is -2.25. The predicted molar refractivity (Wildman–Crippen MR) is 151 cm³/mol. The molecule has 0 unspecified atom stereocenters. The van der Waals surface area contributed by atoms with Gasteiger partial charge in [0.05, 0.1) is 30.1 Å². The summed E-state index contributed by atoms with van der Waals surface area (Å²) in [5.41, 5.74) is 1.98. The fraction of sp³-hybridized carbons (Fsp3) is 0.100. The number of carbonyl (C=O) groups is 1. The van der Waals surface area contributed by atoms with Gasteiger partial charge in [-0.05, 0) is 85.3 Å². The number of hydrogen-bond acceptors (Lipinski definition) is 7. The third-order valence-corrected chi connectivity index (χ3v) is 6.52. The molecular weight excluding hydrogens is 498 g/mol.